The summed E-state index contributed by atoms with van der Waals surface area (Å²) >= 11 is 0. The van der Waals surface area contributed by atoms with Crippen LogP contribution in [0, 0.1) is 5.82 Å². The van der Waals surface area contributed by atoms with E-state index in [9.17, 15) is 14.0 Å². The zero-order valence-corrected chi connectivity index (χ0v) is 10.5. The SMILES string of the molecule is CCc1ccc(C(=O)c2cccc(C=O)c2F)cc1. The fourth-order valence-corrected chi connectivity index (χ4v) is 1.86. The lowest BCUT2D eigenvalue weighted by molar-refractivity contribution is 0.103. The third-order valence-electron chi connectivity index (χ3n) is 3.02. The van der Waals surface area contributed by atoms with Gasteiger partial charge in [0.1, 0.15) is 5.82 Å². The molecule has 3 heteroatoms. The van der Waals surface area contributed by atoms with E-state index in [0.29, 0.717) is 11.8 Å². The number of carbonyl (C=O) groups excluding carboxylic acids is 2. The third-order valence-corrected chi connectivity index (χ3v) is 3.02. The second-order valence-electron chi connectivity index (χ2n) is 4.21. The van der Waals surface area contributed by atoms with E-state index in [1.54, 1.807) is 12.1 Å². The monoisotopic (exact) mass is 256 g/mol. The molecule has 0 unspecified atom stereocenters. The van der Waals surface area contributed by atoms with Crippen LogP contribution in [0.4, 0.5) is 4.39 Å². The van der Waals surface area contributed by atoms with Gasteiger partial charge in [-0.05, 0) is 24.1 Å². The van der Waals surface area contributed by atoms with Crippen LogP contribution in [-0.4, -0.2) is 12.1 Å². The van der Waals surface area contributed by atoms with Crippen molar-refractivity contribution < 1.29 is 14.0 Å². The zero-order chi connectivity index (χ0) is 13.8. The molecule has 0 aromatic heterocycles. The molecule has 0 saturated carbocycles. The van der Waals surface area contributed by atoms with E-state index in [4.69, 9.17) is 0 Å². The van der Waals surface area contributed by atoms with Crippen LogP contribution >= 0.6 is 0 Å². The van der Waals surface area contributed by atoms with Crippen LogP contribution < -0.4 is 0 Å². The topological polar surface area (TPSA) is 34.1 Å². The molecule has 0 aliphatic heterocycles. The minimum atomic E-state index is -0.762. The van der Waals surface area contributed by atoms with Crippen LogP contribution in [0.5, 0.6) is 0 Å². The summed E-state index contributed by atoms with van der Waals surface area (Å²) in [7, 11) is 0. The van der Waals surface area contributed by atoms with Gasteiger partial charge in [-0.25, -0.2) is 4.39 Å². The van der Waals surface area contributed by atoms with Gasteiger partial charge in [0.2, 0.25) is 0 Å². The molecule has 0 saturated heterocycles. The van der Waals surface area contributed by atoms with E-state index >= 15 is 0 Å². The van der Waals surface area contributed by atoms with Gasteiger partial charge in [0.25, 0.3) is 0 Å². The lowest BCUT2D eigenvalue weighted by Gasteiger charge is -2.05. The Kier molecular flexibility index (Phi) is 3.85. The summed E-state index contributed by atoms with van der Waals surface area (Å²) in [6.07, 6.45) is 1.29. The Balaban J connectivity index is 2.41. The van der Waals surface area contributed by atoms with Gasteiger partial charge in [-0.2, -0.15) is 0 Å². The summed E-state index contributed by atoms with van der Waals surface area (Å²) in [6.45, 7) is 2.02. The number of hydrogen-bond donors (Lipinski definition) is 0. The second-order valence-corrected chi connectivity index (χ2v) is 4.21. The summed E-state index contributed by atoms with van der Waals surface area (Å²) in [5, 5.41) is 0. The van der Waals surface area contributed by atoms with Crippen LogP contribution in [0.15, 0.2) is 42.5 Å². The minimum absolute atomic E-state index is 0.0751. The fourth-order valence-electron chi connectivity index (χ4n) is 1.86. The first kappa shape index (κ1) is 13.1. The lowest BCUT2D eigenvalue weighted by Crippen LogP contribution is -2.06. The van der Waals surface area contributed by atoms with Crippen molar-refractivity contribution in [2.75, 3.05) is 0 Å². The molecule has 0 aliphatic rings. The summed E-state index contributed by atoms with van der Waals surface area (Å²) in [6, 6.07) is 11.3. The highest BCUT2D eigenvalue weighted by atomic mass is 19.1. The largest absolute Gasteiger partial charge is 0.298 e. The molecular weight excluding hydrogens is 243 g/mol. The molecule has 2 aromatic carbocycles. The summed E-state index contributed by atoms with van der Waals surface area (Å²) in [4.78, 5) is 22.8. The molecule has 0 radical (unpaired) electrons. The van der Waals surface area contributed by atoms with Gasteiger partial charge in [0.05, 0.1) is 11.1 Å². The molecule has 19 heavy (non-hydrogen) atoms. The summed E-state index contributed by atoms with van der Waals surface area (Å²) in [5.41, 5.74) is 1.35. The normalized spacial score (nSPS) is 10.2. The Morgan fingerprint density at radius 2 is 1.84 bits per heavy atom. The number of halogens is 1. The predicted octanol–water partition coefficient (Wildman–Crippen LogP) is 3.43. The third kappa shape index (κ3) is 2.60. The van der Waals surface area contributed by atoms with E-state index in [0.717, 1.165) is 12.0 Å². The van der Waals surface area contributed by atoms with Gasteiger partial charge in [-0.15, -0.1) is 0 Å². The number of hydrogen-bond acceptors (Lipinski definition) is 2. The first-order chi connectivity index (χ1) is 9.17. The van der Waals surface area contributed by atoms with Crippen LogP contribution in [0.2, 0.25) is 0 Å². The smallest absolute Gasteiger partial charge is 0.195 e. The van der Waals surface area contributed by atoms with Crippen molar-refractivity contribution in [3.8, 4) is 0 Å². The zero-order valence-electron chi connectivity index (χ0n) is 10.5. The van der Waals surface area contributed by atoms with Gasteiger partial charge in [-0.1, -0.05) is 37.3 Å². The number of ketones is 1. The van der Waals surface area contributed by atoms with E-state index in [-0.39, 0.29) is 11.1 Å². The number of aryl methyl sites for hydroxylation is 1. The lowest BCUT2D eigenvalue weighted by atomic mass is 9.99. The molecule has 0 bridgehead atoms. The van der Waals surface area contributed by atoms with E-state index in [2.05, 4.69) is 0 Å². The molecule has 0 spiro atoms. The Morgan fingerprint density at radius 1 is 1.16 bits per heavy atom. The number of aldehydes is 1. The molecule has 2 nitrogen and oxygen atoms in total. The van der Waals surface area contributed by atoms with Crippen molar-refractivity contribution >= 4 is 12.1 Å². The first-order valence-corrected chi connectivity index (χ1v) is 6.04. The molecule has 0 heterocycles. The predicted molar refractivity (Wildman–Crippen MR) is 71.0 cm³/mol. The van der Waals surface area contributed by atoms with E-state index in [1.807, 2.05) is 19.1 Å². The maximum atomic E-state index is 13.9. The van der Waals surface area contributed by atoms with Crippen molar-refractivity contribution in [2.24, 2.45) is 0 Å². The quantitative estimate of drug-likeness (QED) is 0.620. The van der Waals surface area contributed by atoms with Crippen LogP contribution in [0.25, 0.3) is 0 Å². The molecule has 96 valence electrons. The molecule has 0 aliphatic carbocycles. The molecule has 0 fully saturated rings. The Hall–Kier alpha value is -2.29. The molecule has 0 amide bonds. The number of rotatable bonds is 4. The molecule has 0 atom stereocenters. The minimum Gasteiger partial charge on any atom is -0.298 e. The molecule has 0 N–H and O–H groups in total. The van der Waals surface area contributed by atoms with Crippen molar-refractivity contribution in [1.29, 1.82) is 0 Å². The highest BCUT2D eigenvalue weighted by molar-refractivity contribution is 6.09. The summed E-state index contributed by atoms with van der Waals surface area (Å²) in [5.74, 6) is -1.18. The standard InChI is InChI=1S/C16H13FO2/c1-2-11-6-8-12(9-7-11)16(19)14-5-3-4-13(10-18)15(14)17/h3-10H,2H2,1H3. The average Bonchev–Trinajstić information content (AvgIpc) is 2.47. The maximum Gasteiger partial charge on any atom is 0.195 e. The van der Waals surface area contributed by atoms with Crippen molar-refractivity contribution in [3.05, 3.63) is 70.5 Å². The van der Waals surface area contributed by atoms with Crippen molar-refractivity contribution in [1.82, 2.24) is 0 Å². The maximum absolute atomic E-state index is 13.9. The molecule has 2 aromatic rings. The Labute approximate surface area is 110 Å². The molecular formula is C16H13FO2. The van der Waals surface area contributed by atoms with Crippen LogP contribution in [0.3, 0.4) is 0 Å². The first-order valence-electron chi connectivity index (χ1n) is 6.04. The fraction of sp³-hybridized carbons (Fsp3) is 0.125. The average molecular weight is 256 g/mol. The van der Waals surface area contributed by atoms with Gasteiger partial charge in [-0.3, -0.25) is 9.59 Å². The number of benzene rings is 2. The highest BCUT2D eigenvalue weighted by Gasteiger charge is 2.16. The second kappa shape index (κ2) is 5.57. The van der Waals surface area contributed by atoms with Crippen LogP contribution in [-0.2, 0) is 6.42 Å². The van der Waals surface area contributed by atoms with Crippen molar-refractivity contribution in [2.45, 2.75) is 13.3 Å². The number of carbonyl (C=O) groups is 2. The van der Waals surface area contributed by atoms with Crippen LogP contribution in [0.1, 0.15) is 38.8 Å². The Morgan fingerprint density at radius 3 is 2.42 bits per heavy atom. The van der Waals surface area contributed by atoms with Gasteiger partial charge in [0.15, 0.2) is 12.1 Å². The van der Waals surface area contributed by atoms with E-state index < -0.39 is 11.6 Å². The van der Waals surface area contributed by atoms with E-state index in [1.165, 1.54) is 18.2 Å². The van der Waals surface area contributed by atoms with Gasteiger partial charge < -0.3 is 0 Å². The van der Waals surface area contributed by atoms with Gasteiger partial charge in [0, 0.05) is 5.56 Å². The Bertz CT molecular complexity index is 615. The van der Waals surface area contributed by atoms with Crippen molar-refractivity contribution in [3.63, 3.8) is 0 Å². The van der Waals surface area contributed by atoms with Gasteiger partial charge >= 0.3 is 0 Å². The molecule has 2 rings (SSSR count). The summed E-state index contributed by atoms with van der Waals surface area (Å²) < 4.78 is 13.9. The highest BCUT2D eigenvalue weighted by Crippen LogP contribution is 2.16.